The van der Waals surface area contributed by atoms with Gasteiger partial charge in [0.15, 0.2) is 0 Å². The number of sulfonamides is 1. The zero-order chi connectivity index (χ0) is 26.9. The van der Waals surface area contributed by atoms with E-state index in [2.05, 4.69) is 4.72 Å². The van der Waals surface area contributed by atoms with E-state index in [9.17, 15) is 23.3 Å². The topological polar surface area (TPSA) is 162 Å². The summed E-state index contributed by atoms with van der Waals surface area (Å²) in [6.45, 7) is 0.814. The lowest BCUT2D eigenvalue weighted by Crippen LogP contribution is -2.50. The maximum Gasteiger partial charge on any atom is 0.292 e. The van der Waals surface area contributed by atoms with Crippen molar-refractivity contribution in [2.75, 3.05) is 24.6 Å². The highest BCUT2D eigenvalue weighted by atomic mass is 35.5. The molecule has 1 unspecified atom stereocenters. The number of nitro groups is 1. The van der Waals surface area contributed by atoms with Crippen LogP contribution in [0, 0.1) is 10.1 Å². The Hall–Kier alpha value is -2.90. The fourth-order valence-electron chi connectivity index (χ4n) is 4.11. The van der Waals surface area contributed by atoms with Gasteiger partial charge in [-0.05, 0) is 60.0 Å². The number of nitrogens with two attached hydrogens (primary N) is 2. The molecule has 2 aromatic carbocycles. The van der Waals surface area contributed by atoms with Gasteiger partial charge in [-0.3, -0.25) is 14.9 Å². The molecule has 0 spiro atoms. The van der Waals surface area contributed by atoms with Crippen LogP contribution in [0.1, 0.15) is 16.0 Å². The standard InChI is InChI=1S/C23H23Cl2N5O5S2/c24-16-11-15(12-17(25)22(16)27)37(34,35)28-19(9-13-1-2-18(26)20(10-13)30(32)33)23(31)29-6-3-14-5-8-36-21(14)4-7-29/h1-2,5,8,10-12,19,28H,3-4,6-7,9,26-27H2. The lowest BCUT2D eigenvalue weighted by atomic mass is 10.0. The Morgan fingerprint density at radius 2 is 1.81 bits per heavy atom. The number of nitrogens with zero attached hydrogens (tertiary/aromatic N) is 2. The second-order valence-electron chi connectivity index (χ2n) is 8.52. The largest absolute Gasteiger partial charge is 0.396 e. The van der Waals surface area contributed by atoms with Gasteiger partial charge in [-0.25, -0.2) is 8.42 Å². The summed E-state index contributed by atoms with van der Waals surface area (Å²) in [6, 6.07) is 7.16. The van der Waals surface area contributed by atoms with Crippen LogP contribution in [0.5, 0.6) is 0 Å². The number of benzene rings is 2. The molecule has 0 saturated carbocycles. The summed E-state index contributed by atoms with van der Waals surface area (Å²) >= 11 is 13.7. The first kappa shape index (κ1) is 27.1. The number of hydrogen-bond donors (Lipinski definition) is 3. The summed E-state index contributed by atoms with van der Waals surface area (Å²) in [4.78, 5) is 26.9. The Kier molecular flexibility index (Phi) is 7.95. The van der Waals surface area contributed by atoms with Gasteiger partial charge < -0.3 is 16.4 Å². The molecule has 3 aromatic rings. The number of nitro benzene ring substituents is 1. The number of nitrogen functional groups attached to an aromatic ring is 2. The van der Waals surface area contributed by atoms with Crippen LogP contribution in [0.3, 0.4) is 0 Å². The van der Waals surface area contributed by atoms with Gasteiger partial charge in [-0.2, -0.15) is 4.72 Å². The number of fused-ring (bicyclic) bond motifs is 1. The third kappa shape index (κ3) is 5.99. The van der Waals surface area contributed by atoms with E-state index in [0.29, 0.717) is 31.5 Å². The zero-order valence-electron chi connectivity index (χ0n) is 19.3. The number of carbonyl (C=O) groups excluding carboxylic acids is 1. The molecular weight excluding hydrogens is 561 g/mol. The third-order valence-corrected chi connectivity index (χ3v) is 9.20. The van der Waals surface area contributed by atoms with Crippen molar-refractivity contribution in [3.63, 3.8) is 0 Å². The lowest BCUT2D eigenvalue weighted by Gasteiger charge is -2.27. The van der Waals surface area contributed by atoms with Crippen molar-refractivity contribution >= 4 is 67.5 Å². The zero-order valence-corrected chi connectivity index (χ0v) is 22.5. The molecule has 1 aliphatic rings. The van der Waals surface area contributed by atoms with E-state index in [1.54, 1.807) is 16.2 Å². The first-order valence-electron chi connectivity index (χ1n) is 11.1. The molecule has 1 atom stereocenters. The van der Waals surface area contributed by atoms with Gasteiger partial charge in [0.1, 0.15) is 11.7 Å². The van der Waals surface area contributed by atoms with Gasteiger partial charge in [0.25, 0.3) is 5.69 Å². The maximum atomic E-state index is 13.7. The van der Waals surface area contributed by atoms with Crippen LogP contribution in [0.25, 0.3) is 0 Å². The maximum absolute atomic E-state index is 13.7. The molecule has 0 aliphatic carbocycles. The monoisotopic (exact) mass is 583 g/mol. The molecule has 1 aromatic heterocycles. The summed E-state index contributed by atoms with van der Waals surface area (Å²) in [7, 11) is -4.29. The summed E-state index contributed by atoms with van der Waals surface area (Å²) in [5.74, 6) is -0.453. The molecule has 37 heavy (non-hydrogen) atoms. The van der Waals surface area contributed by atoms with E-state index in [0.717, 1.165) is 17.7 Å². The number of carbonyl (C=O) groups is 1. The highest BCUT2D eigenvalue weighted by Gasteiger charge is 2.32. The number of thiophene rings is 1. The van der Waals surface area contributed by atoms with Crippen molar-refractivity contribution in [2.24, 2.45) is 0 Å². The van der Waals surface area contributed by atoms with E-state index in [-0.39, 0.29) is 38.4 Å². The average Bonchev–Trinajstić information content (AvgIpc) is 3.20. The molecule has 0 bridgehead atoms. The summed E-state index contributed by atoms with van der Waals surface area (Å²) < 4.78 is 29.1. The fourth-order valence-corrected chi connectivity index (χ4v) is 6.90. The SMILES string of the molecule is Nc1ccc(CC(NS(=O)(=O)c2cc(Cl)c(N)c(Cl)c2)C(=O)N2CCc3ccsc3CC2)cc1[N+](=O)[O-]. The number of rotatable bonds is 7. The van der Waals surface area contributed by atoms with Crippen LogP contribution in [0.15, 0.2) is 46.7 Å². The highest BCUT2D eigenvalue weighted by Crippen LogP contribution is 2.31. The van der Waals surface area contributed by atoms with Gasteiger partial charge in [0.05, 0.1) is 25.6 Å². The molecule has 0 saturated heterocycles. The minimum Gasteiger partial charge on any atom is -0.396 e. The van der Waals surface area contributed by atoms with Crippen LogP contribution >= 0.6 is 34.5 Å². The number of nitrogens with one attached hydrogen (secondary N) is 1. The summed E-state index contributed by atoms with van der Waals surface area (Å²) in [5, 5.41) is 13.3. The van der Waals surface area contributed by atoms with E-state index in [1.165, 1.54) is 23.1 Å². The van der Waals surface area contributed by atoms with E-state index in [1.807, 2.05) is 11.4 Å². The molecule has 4 rings (SSSR count). The Labute approximate surface area is 227 Å². The second kappa shape index (κ2) is 10.8. The predicted octanol–water partition coefficient (Wildman–Crippen LogP) is 3.64. The Morgan fingerprint density at radius 1 is 1.14 bits per heavy atom. The van der Waals surface area contributed by atoms with E-state index in [4.69, 9.17) is 34.7 Å². The van der Waals surface area contributed by atoms with Crippen molar-refractivity contribution in [3.05, 3.63) is 77.9 Å². The van der Waals surface area contributed by atoms with Gasteiger partial charge in [-0.15, -0.1) is 11.3 Å². The number of halogens is 2. The second-order valence-corrected chi connectivity index (χ2v) is 12.1. The van der Waals surface area contributed by atoms with E-state index >= 15 is 0 Å². The first-order chi connectivity index (χ1) is 17.5. The Morgan fingerprint density at radius 3 is 2.49 bits per heavy atom. The van der Waals surface area contributed by atoms with Crippen LogP contribution in [0.2, 0.25) is 10.0 Å². The van der Waals surface area contributed by atoms with Crippen molar-refractivity contribution in [3.8, 4) is 0 Å². The molecule has 1 amide bonds. The minimum absolute atomic E-state index is 0.0288. The van der Waals surface area contributed by atoms with Gasteiger partial charge in [-0.1, -0.05) is 29.3 Å². The molecular formula is C23H23Cl2N5O5S2. The fraction of sp³-hybridized carbons (Fsp3) is 0.261. The molecule has 14 heteroatoms. The van der Waals surface area contributed by atoms with Gasteiger partial charge in [0, 0.05) is 24.0 Å². The van der Waals surface area contributed by atoms with Crippen LogP contribution in [-0.2, 0) is 34.1 Å². The van der Waals surface area contributed by atoms with E-state index < -0.39 is 26.9 Å². The average molecular weight is 585 g/mol. The molecule has 196 valence electrons. The van der Waals surface area contributed by atoms with Crippen molar-refractivity contribution in [1.29, 1.82) is 0 Å². The molecule has 10 nitrogen and oxygen atoms in total. The highest BCUT2D eigenvalue weighted by molar-refractivity contribution is 7.89. The van der Waals surface area contributed by atoms with Gasteiger partial charge >= 0.3 is 0 Å². The number of anilines is 2. The molecule has 0 fully saturated rings. The van der Waals surface area contributed by atoms with Crippen LogP contribution in [-0.4, -0.2) is 43.3 Å². The predicted molar refractivity (Wildman–Crippen MR) is 145 cm³/mol. The van der Waals surface area contributed by atoms with Crippen LogP contribution in [0.4, 0.5) is 17.1 Å². The molecule has 0 radical (unpaired) electrons. The lowest BCUT2D eigenvalue weighted by molar-refractivity contribution is -0.384. The minimum atomic E-state index is -4.29. The number of amides is 1. The van der Waals surface area contributed by atoms with Crippen molar-refractivity contribution in [2.45, 2.75) is 30.2 Å². The third-order valence-electron chi connectivity index (χ3n) is 6.10. The molecule has 2 heterocycles. The van der Waals surface area contributed by atoms with Crippen LogP contribution < -0.4 is 16.2 Å². The number of hydrogen-bond acceptors (Lipinski definition) is 8. The smallest absolute Gasteiger partial charge is 0.292 e. The molecule has 5 N–H and O–H groups in total. The first-order valence-corrected chi connectivity index (χ1v) is 14.2. The normalized spacial score (nSPS) is 14.6. The quantitative estimate of drug-likeness (QED) is 0.217. The Balaban J connectivity index is 1.66. The summed E-state index contributed by atoms with van der Waals surface area (Å²) in [5.41, 5.74) is 12.6. The van der Waals surface area contributed by atoms with Crippen molar-refractivity contribution in [1.82, 2.24) is 9.62 Å². The summed E-state index contributed by atoms with van der Waals surface area (Å²) in [6.07, 6.45) is 1.14. The Bertz CT molecular complexity index is 1430. The molecule has 1 aliphatic heterocycles. The van der Waals surface area contributed by atoms with Gasteiger partial charge in [0.2, 0.25) is 15.9 Å². The van der Waals surface area contributed by atoms with Crippen molar-refractivity contribution < 1.29 is 18.1 Å².